The summed E-state index contributed by atoms with van der Waals surface area (Å²) in [7, 11) is 1.63. The van der Waals surface area contributed by atoms with Gasteiger partial charge in [0.1, 0.15) is 5.75 Å². The zero-order chi connectivity index (χ0) is 13.0. The predicted molar refractivity (Wildman–Crippen MR) is 71.6 cm³/mol. The quantitative estimate of drug-likeness (QED) is 0.895. The number of carbonyl (C=O) groups is 1. The molecule has 91 valence electrons. The molecule has 2 rings (SSSR count). The Morgan fingerprint density at radius 2 is 1.94 bits per heavy atom. The number of benzene rings is 2. The molecule has 0 saturated heterocycles. The molecule has 2 aromatic rings. The van der Waals surface area contributed by atoms with E-state index in [1.807, 2.05) is 36.4 Å². The summed E-state index contributed by atoms with van der Waals surface area (Å²) in [5.41, 5.74) is 2.64. The van der Waals surface area contributed by atoms with Crippen LogP contribution >= 0.6 is 0 Å². The van der Waals surface area contributed by atoms with Gasteiger partial charge >= 0.3 is 0 Å². The number of ether oxygens (including phenoxy) is 1. The van der Waals surface area contributed by atoms with Crippen LogP contribution in [0.2, 0.25) is 0 Å². The second-order valence-electron chi connectivity index (χ2n) is 3.87. The Morgan fingerprint density at radius 1 is 1.22 bits per heavy atom. The van der Waals surface area contributed by atoms with E-state index in [1.165, 1.54) is 6.92 Å². The van der Waals surface area contributed by atoms with Crippen LogP contribution in [0.25, 0.3) is 11.1 Å². The van der Waals surface area contributed by atoms with E-state index in [4.69, 9.17) is 4.74 Å². The number of nitrogens with one attached hydrogen (secondary N) is 1. The third-order valence-corrected chi connectivity index (χ3v) is 2.56. The third-order valence-electron chi connectivity index (χ3n) is 2.56. The molecule has 0 saturated carbocycles. The minimum Gasteiger partial charge on any atom is -0.497 e. The number of anilines is 1. The Bertz CT molecular complexity index is 547. The van der Waals surface area contributed by atoms with Gasteiger partial charge < -0.3 is 10.1 Å². The van der Waals surface area contributed by atoms with Gasteiger partial charge in [-0.25, -0.2) is 0 Å². The van der Waals surface area contributed by atoms with Gasteiger partial charge in [-0.1, -0.05) is 30.3 Å². The van der Waals surface area contributed by atoms with Crippen LogP contribution in [0, 0.1) is 6.07 Å². The van der Waals surface area contributed by atoms with Crippen LogP contribution in [-0.2, 0) is 4.79 Å². The smallest absolute Gasteiger partial charge is 0.221 e. The van der Waals surface area contributed by atoms with Crippen LogP contribution in [0.1, 0.15) is 6.92 Å². The van der Waals surface area contributed by atoms with Crippen LogP contribution in [0.3, 0.4) is 0 Å². The van der Waals surface area contributed by atoms with Crippen LogP contribution in [0.15, 0.2) is 42.5 Å². The summed E-state index contributed by atoms with van der Waals surface area (Å²) >= 11 is 0. The molecule has 1 N–H and O–H groups in total. The highest BCUT2D eigenvalue weighted by Crippen LogP contribution is 2.28. The Labute approximate surface area is 106 Å². The third kappa shape index (κ3) is 2.69. The fraction of sp³-hybridized carbons (Fsp3) is 0.133. The predicted octanol–water partition coefficient (Wildman–Crippen LogP) is 3.12. The first-order valence-electron chi connectivity index (χ1n) is 5.63. The van der Waals surface area contributed by atoms with Gasteiger partial charge in [0.2, 0.25) is 5.91 Å². The van der Waals surface area contributed by atoms with Gasteiger partial charge in [-0.15, -0.1) is 0 Å². The Morgan fingerprint density at radius 3 is 2.56 bits per heavy atom. The van der Waals surface area contributed by atoms with Crippen molar-refractivity contribution in [1.29, 1.82) is 0 Å². The molecule has 0 fully saturated rings. The van der Waals surface area contributed by atoms with E-state index in [0.29, 0.717) is 5.69 Å². The Hall–Kier alpha value is -2.29. The second-order valence-corrected chi connectivity index (χ2v) is 3.87. The summed E-state index contributed by atoms with van der Waals surface area (Å²) in [5.74, 6) is 0.701. The zero-order valence-electron chi connectivity index (χ0n) is 10.4. The fourth-order valence-corrected chi connectivity index (χ4v) is 1.73. The van der Waals surface area contributed by atoms with E-state index in [1.54, 1.807) is 13.2 Å². The van der Waals surface area contributed by atoms with E-state index in [9.17, 15) is 4.79 Å². The second kappa shape index (κ2) is 5.36. The van der Waals surface area contributed by atoms with Crippen molar-refractivity contribution in [3.8, 4) is 16.9 Å². The topological polar surface area (TPSA) is 38.3 Å². The molecule has 18 heavy (non-hydrogen) atoms. The molecule has 2 aromatic carbocycles. The lowest BCUT2D eigenvalue weighted by Crippen LogP contribution is -2.06. The first-order chi connectivity index (χ1) is 8.70. The van der Waals surface area contributed by atoms with Gasteiger partial charge in [-0.3, -0.25) is 4.79 Å². The number of amides is 1. The molecule has 1 amide bonds. The van der Waals surface area contributed by atoms with E-state index in [0.717, 1.165) is 16.9 Å². The fourth-order valence-electron chi connectivity index (χ4n) is 1.73. The lowest BCUT2D eigenvalue weighted by Gasteiger charge is -2.10. The van der Waals surface area contributed by atoms with Gasteiger partial charge in [0.25, 0.3) is 0 Å². The van der Waals surface area contributed by atoms with Crippen molar-refractivity contribution in [1.82, 2.24) is 0 Å². The molecule has 0 bridgehead atoms. The minimum absolute atomic E-state index is 0.104. The van der Waals surface area contributed by atoms with Crippen molar-refractivity contribution in [2.45, 2.75) is 6.92 Å². The van der Waals surface area contributed by atoms with Crippen molar-refractivity contribution in [3.05, 3.63) is 48.5 Å². The number of rotatable bonds is 3. The van der Waals surface area contributed by atoms with E-state index < -0.39 is 0 Å². The van der Waals surface area contributed by atoms with Crippen LogP contribution in [0.4, 0.5) is 5.69 Å². The lowest BCUT2D eigenvalue weighted by atomic mass is 10.0. The average molecular weight is 240 g/mol. The average Bonchev–Trinajstić information content (AvgIpc) is 2.39. The summed E-state index contributed by atoms with van der Waals surface area (Å²) in [6.07, 6.45) is 0. The van der Waals surface area contributed by atoms with Gasteiger partial charge in [0.05, 0.1) is 12.8 Å². The van der Waals surface area contributed by atoms with Gasteiger partial charge in [-0.05, 0) is 17.7 Å². The van der Waals surface area contributed by atoms with E-state index >= 15 is 0 Å². The van der Waals surface area contributed by atoms with Crippen molar-refractivity contribution in [3.63, 3.8) is 0 Å². The maximum atomic E-state index is 11.1. The normalized spacial score (nSPS) is 9.89. The zero-order valence-corrected chi connectivity index (χ0v) is 10.4. The number of carbonyl (C=O) groups excluding carboxylic acids is 1. The minimum atomic E-state index is -0.104. The van der Waals surface area contributed by atoms with Crippen LogP contribution < -0.4 is 10.1 Å². The molecule has 0 aliphatic carbocycles. The van der Waals surface area contributed by atoms with Gasteiger partial charge in [0.15, 0.2) is 0 Å². The SMILES string of the molecule is COc1ccc(-c2ccc[c]c2NC(C)=O)cc1. The Kier molecular flexibility index (Phi) is 3.63. The van der Waals surface area contributed by atoms with Crippen molar-refractivity contribution in [2.75, 3.05) is 12.4 Å². The summed E-state index contributed by atoms with van der Waals surface area (Å²) < 4.78 is 5.12. The molecule has 0 aliphatic heterocycles. The summed E-state index contributed by atoms with van der Waals surface area (Å²) in [6.45, 7) is 1.48. The largest absolute Gasteiger partial charge is 0.497 e. The van der Waals surface area contributed by atoms with E-state index in [-0.39, 0.29) is 5.91 Å². The molecule has 3 nitrogen and oxygen atoms in total. The summed E-state index contributed by atoms with van der Waals surface area (Å²) in [6, 6.07) is 16.3. The number of hydrogen-bond acceptors (Lipinski definition) is 2. The van der Waals surface area contributed by atoms with Crippen molar-refractivity contribution < 1.29 is 9.53 Å². The van der Waals surface area contributed by atoms with Gasteiger partial charge in [0, 0.05) is 18.6 Å². The highest BCUT2D eigenvalue weighted by Gasteiger charge is 2.06. The molecular weight excluding hydrogens is 226 g/mol. The van der Waals surface area contributed by atoms with Gasteiger partial charge in [-0.2, -0.15) is 0 Å². The molecule has 0 unspecified atom stereocenters. The maximum absolute atomic E-state index is 11.1. The highest BCUT2D eigenvalue weighted by atomic mass is 16.5. The lowest BCUT2D eigenvalue weighted by molar-refractivity contribution is -0.114. The van der Waals surface area contributed by atoms with E-state index in [2.05, 4.69) is 11.4 Å². The molecule has 0 aromatic heterocycles. The summed E-state index contributed by atoms with van der Waals surface area (Å²) in [5, 5.41) is 2.77. The molecule has 3 heteroatoms. The van der Waals surface area contributed by atoms with Crippen molar-refractivity contribution >= 4 is 11.6 Å². The molecule has 0 atom stereocenters. The first kappa shape index (κ1) is 12.2. The summed E-state index contributed by atoms with van der Waals surface area (Å²) in [4.78, 5) is 11.1. The monoisotopic (exact) mass is 240 g/mol. The first-order valence-corrected chi connectivity index (χ1v) is 5.63. The molecule has 0 aliphatic rings. The molecule has 1 radical (unpaired) electrons. The molecule has 0 spiro atoms. The van der Waals surface area contributed by atoms with Crippen LogP contribution in [-0.4, -0.2) is 13.0 Å². The number of para-hydroxylation sites is 1. The molecular formula is C15H14NO2. The van der Waals surface area contributed by atoms with Crippen LogP contribution in [0.5, 0.6) is 5.75 Å². The number of methoxy groups -OCH3 is 1. The number of hydrogen-bond donors (Lipinski definition) is 1. The Balaban J connectivity index is 2.39. The highest BCUT2D eigenvalue weighted by molar-refractivity contribution is 5.93. The van der Waals surface area contributed by atoms with Crippen molar-refractivity contribution in [2.24, 2.45) is 0 Å². The maximum Gasteiger partial charge on any atom is 0.221 e. The standard InChI is InChI=1S/C15H14NO2/c1-11(17)16-15-6-4-3-5-14(15)12-7-9-13(18-2)10-8-12/h3-5,7-10H,1-2H3,(H,16,17). The molecule has 0 heterocycles.